The lowest BCUT2D eigenvalue weighted by Crippen LogP contribution is -2.62. The van der Waals surface area contributed by atoms with Crippen LogP contribution >= 0.6 is 0 Å². The number of ketones is 2. The number of carbonyl (C=O) groups excluding carboxylic acids is 3. The number of aliphatic imine (C=N–C) groups is 1. The molecular weight excluding hydrogens is 410 g/mol. The number of carbonyl (C=O) groups is 3. The Morgan fingerprint density at radius 3 is 2.81 bits per heavy atom. The van der Waals surface area contributed by atoms with E-state index in [1.54, 1.807) is 19.1 Å². The minimum absolute atomic E-state index is 0.00898. The van der Waals surface area contributed by atoms with Crippen LogP contribution in [0.1, 0.15) is 53.4 Å². The first-order valence-electron chi connectivity index (χ1n) is 11.5. The normalized spacial score (nSPS) is 46.2. The molecular formula is C25H31NO6. The molecule has 8 atom stereocenters. The molecule has 0 radical (unpaired) electrons. The van der Waals surface area contributed by atoms with Gasteiger partial charge in [0.2, 0.25) is 5.78 Å². The molecule has 0 aromatic heterocycles. The second-order valence-electron chi connectivity index (χ2n) is 10.7. The molecule has 0 spiro atoms. The third-order valence-electron chi connectivity index (χ3n) is 9.17. The summed E-state index contributed by atoms with van der Waals surface area (Å²) in [4.78, 5) is 41.7. The first kappa shape index (κ1) is 21.6. The summed E-state index contributed by atoms with van der Waals surface area (Å²) in [5, 5.41) is 11.6. The first-order valence-corrected chi connectivity index (χ1v) is 11.5. The maximum Gasteiger partial charge on any atom is 0.303 e. The number of hydrogen-bond donors (Lipinski definition) is 1. The van der Waals surface area contributed by atoms with Gasteiger partial charge >= 0.3 is 5.97 Å². The number of aliphatic hydroxyl groups is 1. The van der Waals surface area contributed by atoms with E-state index in [1.165, 1.54) is 6.92 Å². The fraction of sp³-hybridized carbons (Fsp3) is 0.680. The van der Waals surface area contributed by atoms with Crippen LogP contribution in [-0.4, -0.2) is 52.9 Å². The van der Waals surface area contributed by atoms with Crippen LogP contribution in [0.3, 0.4) is 0 Å². The highest BCUT2D eigenvalue weighted by Gasteiger charge is 2.74. The summed E-state index contributed by atoms with van der Waals surface area (Å²) < 4.78 is 11.2. The van der Waals surface area contributed by atoms with E-state index in [1.807, 2.05) is 6.08 Å². The fourth-order valence-electron chi connectivity index (χ4n) is 7.97. The predicted octanol–water partition coefficient (Wildman–Crippen LogP) is 2.56. The van der Waals surface area contributed by atoms with Gasteiger partial charge in [0.05, 0.1) is 6.10 Å². The number of nitrogens with zero attached hydrogens (tertiary/aromatic N) is 1. The second kappa shape index (κ2) is 6.86. The number of hydrogen-bond acceptors (Lipinski definition) is 7. The van der Waals surface area contributed by atoms with Gasteiger partial charge in [0.25, 0.3) is 0 Å². The molecule has 7 nitrogen and oxygen atoms in total. The van der Waals surface area contributed by atoms with Gasteiger partial charge in [-0.3, -0.25) is 14.4 Å². The Morgan fingerprint density at radius 1 is 1.34 bits per heavy atom. The Balaban J connectivity index is 1.56. The number of ether oxygens (including phenoxy) is 2. The van der Waals surface area contributed by atoms with Crippen molar-refractivity contribution in [1.82, 2.24) is 0 Å². The van der Waals surface area contributed by atoms with E-state index in [0.29, 0.717) is 18.7 Å². The van der Waals surface area contributed by atoms with Gasteiger partial charge in [0.15, 0.2) is 23.8 Å². The third-order valence-corrected chi connectivity index (χ3v) is 9.17. The predicted molar refractivity (Wildman–Crippen MR) is 116 cm³/mol. The minimum Gasteiger partial charge on any atom is -0.475 e. The standard InChI is InChI=1S/C25H31NO6/c1-13-26-25(20(30)12-31-14(2)27)21(32-13)10-18-17-6-5-15-9-16(28)7-8-23(15,3)22(17)19(29)11-24(18,25)4/h7-9,17-19,21-22,29H,5-6,10-12H2,1-4H3/t17-,18-,19-,21-,22+,23+,24-,25-/m0/s1. The van der Waals surface area contributed by atoms with Crippen molar-refractivity contribution < 1.29 is 29.0 Å². The third kappa shape index (κ3) is 2.63. The molecule has 0 saturated heterocycles. The molecule has 0 amide bonds. The largest absolute Gasteiger partial charge is 0.475 e. The lowest BCUT2D eigenvalue weighted by Gasteiger charge is -2.59. The van der Waals surface area contributed by atoms with Gasteiger partial charge in [-0.25, -0.2) is 4.99 Å². The van der Waals surface area contributed by atoms with Crippen molar-refractivity contribution in [3.05, 3.63) is 23.8 Å². The van der Waals surface area contributed by atoms with Crippen LogP contribution in [0.2, 0.25) is 0 Å². The smallest absolute Gasteiger partial charge is 0.303 e. The zero-order valence-corrected chi connectivity index (χ0v) is 19.1. The number of fused-ring (bicyclic) bond motifs is 7. The topological polar surface area (TPSA) is 102 Å². The summed E-state index contributed by atoms with van der Waals surface area (Å²) in [5.41, 5.74) is -1.04. The van der Waals surface area contributed by atoms with E-state index in [2.05, 4.69) is 13.8 Å². The molecule has 32 heavy (non-hydrogen) atoms. The van der Waals surface area contributed by atoms with E-state index in [4.69, 9.17) is 14.5 Å². The van der Waals surface area contributed by atoms with Crippen molar-refractivity contribution in [2.75, 3.05) is 6.61 Å². The quantitative estimate of drug-likeness (QED) is 0.676. The van der Waals surface area contributed by atoms with Crippen molar-refractivity contribution in [2.24, 2.45) is 33.6 Å². The molecule has 1 N–H and O–H groups in total. The number of esters is 1. The Hall–Kier alpha value is -2.28. The van der Waals surface area contributed by atoms with Crippen molar-refractivity contribution in [1.29, 1.82) is 0 Å². The molecule has 5 aliphatic rings. The summed E-state index contributed by atoms with van der Waals surface area (Å²) in [7, 11) is 0. The zero-order chi connectivity index (χ0) is 23.1. The monoisotopic (exact) mass is 441 g/mol. The van der Waals surface area contributed by atoms with Crippen molar-refractivity contribution in [3.63, 3.8) is 0 Å². The molecule has 1 heterocycles. The van der Waals surface area contributed by atoms with Gasteiger partial charge in [0, 0.05) is 30.6 Å². The van der Waals surface area contributed by atoms with E-state index in [0.717, 1.165) is 18.4 Å². The lowest BCUT2D eigenvalue weighted by atomic mass is 9.46. The highest BCUT2D eigenvalue weighted by molar-refractivity contribution is 6.01. The van der Waals surface area contributed by atoms with Crippen LogP contribution in [0.25, 0.3) is 0 Å². The van der Waals surface area contributed by atoms with Crippen LogP contribution in [0.4, 0.5) is 0 Å². The summed E-state index contributed by atoms with van der Waals surface area (Å²) >= 11 is 0. The first-order chi connectivity index (χ1) is 15.0. The molecule has 5 rings (SSSR count). The van der Waals surface area contributed by atoms with Crippen LogP contribution in [0.5, 0.6) is 0 Å². The van der Waals surface area contributed by atoms with Crippen molar-refractivity contribution >= 4 is 23.4 Å². The van der Waals surface area contributed by atoms with Gasteiger partial charge < -0.3 is 14.6 Å². The van der Waals surface area contributed by atoms with Crippen molar-refractivity contribution in [3.8, 4) is 0 Å². The van der Waals surface area contributed by atoms with Gasteiger partial charge in [-0.05, 0) is 49.7 Å². The number of Topliss-reactive ketones (excluding diaryl/α,β-unsaturated/α-hetero) is 1. The average Bonchev–Trinajstić information content (AvgIpc) is 3.17. The summed E-state index contributed by atoms with van der Waals surface area (Å²) in [6.07, 6.45) is 7.01. The second-order valence-corrected chi connectivity index (χ2v) is 10.7. The Labute approximate surface area is 187 Å². The maximum absolute atomic E-state index is 13.5. The van der Waals surface area contributed by atoms with Crippen LogP contribution in [-0.2, 0) is 23.9 Å². The van der Waals surface area contributed by atoms with Crippen molar-refractivity contribution in [2.45, 2.75) is 71.1 Å². The molecule has 3 saturated carbocycles. The number of rotatable bonds is 3. The molecule has 0 aromatic carbocycles. The molecule has 0 aromatic rings. The van der Waals surface area contributed by atoms with Gasteiger partial charge in [0.1, 0.15) is 6.10 Å². The number of allylic oxidation sites excluding steroid dienone is 4. The number of aliphatic hydroxyl groups excluding tert-OH is 1. The van der Waals surface area contributed by atoms with Crippen LogP contribution in [0.15, 0.2) is 28.8 Å². The molecule has 1 aliphatic heterocycles. The van der Waals surface area contributed by atoms with Crippen LogP contribution in [0, 0.1) is 28.6 Å². The minimum atomic E-state index is -1.15. The van der Waals surface area contributed by atoms with E-state index >= 15 is 0 Å². The Kier molecular flexibility index (Phi) is 4.62. The molecule has 172 valence electrons. The zero-order valence-electron chi connectivity index (χ0n) is 19.1. The maximum atomic E-state index is 13.5. The summed E-state index contributed by atoms with van der Waals surface area (Å²) in [6.45, 7) is 6.88. The Bertz CT molecular complexity index is 996. The van der Waals surface area contributed by atoms with E-state index < -0.39 is 29.1 Å². The van der Waals surface area contributed by atoms with E-state index in [9.17, 15) is 19.5 Å². The lowest BCUT2D eigenvalue weighted by molar-refractivity contribution is -0.155. The summed E-state index contributed by atoms with van der Waals surface area (Å²) in [5.74, 6) is -0.0140. The highest BCUT2D eigenvalue weighted by Crippen LogP contribution is 2.69. The van der Waals surface area contributed by atoms with Gasteiger partial charge in [-0.15, -0.1) is 0 Å². The fourth-order valence-corrected chi connectivity index (χ4v) is 7.97. The van der Waals surface area contributed by atoms with Gasteiger partial charge in [-0.2, -0.15) is 0 Å². The van der Waals surface area contributed by atoms with Crippen LogP contribution < -0.4 is 0 Å². The van der Waals surface area contributed by atoms with E-state index in [-0.39, 0.29) is 41.3 Å². The highest BCUT2D eigenvalue weighted by atomic mass is 16.5. The summed E-state index contributed by atoms with van der Waals surface area (Å²) in [6, 6.07) is 0. The Morgan fingerprint density at radius 2 is 2.09 bits per heavy atom. The SMILES string of the molecule is CC(=O)OCC(=O)[C@]12N=C(C)O[C@H]1C[C@H]1[C@@H]3CCC4=CC(=O)C=C[C@@]4(C)[C@H]3[C@@H](O)C[C@@]12C. The van der Waals surface area contributed by atoms with Gasteiger partial charge in [-0.1, -0.05) is 25.5 Å². The molecule has 4 aliphatic carbocycles. The molecule has 3 fully saturated rings. The molecule has 0 unspecified atom stereocenters. The molecule has 7 heteroatoms. The molecule has 0 bridgehead atoms. The average molecular weight is 442 g/mol.